The predicted octanol–water partition coefficient (Wildman–Crippen LogP) is -6.91. The number of carbonyl (C=O) groups is 3. The van der Waals surface area contributed by atoms with E-state index in [4.69, 9.17) is 28.8 Å². The first-order chi connectivity index (χ1) is 22.7. The summed E-state index contributed by atoms with van der Waals surface area (Å²) in [6.45, 7) is -1.21. The van der Waals surface area contributed by atoms with Crippen molar-refractivity contribution in [2.75, 3.05) is 37.9 Å². The number of aliphatic hydroxyl groups is 9. The molecule has 21 nitrogen and oxygen atoms in total. The summed E-state index contributed by atoms with van der Waals surface area (Å²) in [5, 5.41) is 109. The number of rotatable bonds is 15. The quantitative estimate of drug-likeness (QED) is 0.0699. The summed E-state index contributed by atoms with van der Waals surface area (Å²) in [4.78, 5) is 35.2. The van der Waals surface area contributed by atoms with Gasteiger partial charge in [0.2, 0.25) is 5.91 Å². The first kappa shape index (κ1) is 40.4. The Kier molecular flexibility index (Phi) is 15.9. The highest BCUT2D eigenvalue weighted by Crippen LogP contribution is 2.32. The highest BCUT2D eigenvalue weighted by atomic mass is 32.2. The number of carboxylic acids is 1. The minimum Gasteiger partial charge on any atom is -0.481 e. The van der Waals surface area contributed by atoms with Gasteiger partial charge in [0, 0.05) is 13.5 Å². The highest BCUT2D eigenvalue weighted by molar-refractivity contribution is 7.99. The topological polar surface area (TPSA) is 336 Å². The van der Waals surface area contributed by atoms with Gasteiger partial charge in [0.25, 0.3) is 0 Å². The van der Waals surface area contributed by atoms with E-state index in [0.29, 0.717) is 12.2 Å². The summed E-state index contributed by atoms with van der Waals surface area (Å²) < 4.78 is 27.9. The van der Waals surface area contributed by atoms with E-state index in [9.17, 15) is 60.3 Å². The molecule has 278 valence electrons. The van der Waals surface area contributed by atoms with Gasteiger partial charge < -0.3 is 90.7 Å². The summed E-state index contributed by atoms with van der Waals surface area (Å²) in [5.41, 5.74) is 0. The molecule has 3 heterocycles. The normalized spacial score (nSPS) is 40.2. The van der Waals surface area contributed by atoms with Crippen LogP contribution in [0.1, 0.15) is 13.3 Å². The maximum atomic E-state index is 12.6. The zero-order chi connectivity index (χ0) is 35.7. The largest absolute Gasteiger partial charge is 0.481 e. The third kappa shape index (κ3) is 10.3. The van der Waals surface area contributed by atoms with Crippen molar-refractivity contribution in [1.82, 2.24) is 16.0 Å². The molecule has 3 aliphatic heterocycles. The fourth-order valence-corrected chi connectivity index (χ4v) is 5.99. The van der Waals surface area contributed by atoms with Gasteiger partial charge in [0.15, 0.2) is 18.8 Å². The molecule has 13 N–H and O–H groups in total. The Bertz CT molecular complexity index is 1050. The first-order valence-corrected chi connectivity index (χ1v) is 16.2. The molecule has 0 saturated carbocycles. The van der Waals surface area contributed by atoms with Crippen molar-refractivity contribution >= 4 is 29.7 Å². The van der Waals surface area contributed by atoms with E-state index < -0.39 is 130 Å². The number of hydrogen-bond acceptors (Lipinski definition) is 18. The molecule has 3 fully saturated rings. The highest BCUT2D eigenvalue weighted by Gasteiger charge is 2.54. The number of urea groups is 1. The molecule has 0 radical (unpaired) electrons. The van der Waals surface area contributed by atoms with E-state index in [1.54, 1.807) is 0 Å². The van der Waals surface area contributed by atoms with Gasteiger partial charge in [0.1, 0.15) is 73.2 Å². The van der Waals surface area contributed by atoms with Crippen LogP contribution in [0.5, 0.6) is 0 Å². The fraction of sp³-hybridized carbons (Fsp3) is 0.885. The number of thioether (sulfide) groups is 1. The van der Waals surface area contributed by atoms with E-state index in [1.165, 1.54) is 0 Å². The van der Waals surface area contributed by atoms with Gasteiger partial charge in [-0.1, -0.05) is 0 Å². The van der Waals surface area contributed by atoms with Gasteiger partial charge in [-0.2, -0.15) is 11.8 Å². The number of aliphatic carboxylic acids is 1. The lowest BCUT2D eigenvalue weighted by atomic mass is 9.94. The van der Waals surface area contributed by atoms with Crippen molar-refractivity contribution < 1.29 is 89.1 Å². The van der Waals surface area contributed by atoms with Crippen molar-refractivity contribution in [1.29, 1.82) is 0 Å². The van der Waals surface area contributed by atoms with Crippen LogP contribution in [-0.2, 0) is 33.3 Å². The molecule has 48 heavy (non-hydrogen) atoms. The molecule has 0 aromatic carbocycles. The molecule has 0 aliphatic carbocycles. The maximum absolute atomic E-state index is 12.6. The molecule has 0 aromatic heterocycles. The molecule has 3 rings (SSSR count). The monoisotopic (exact) mass is 719 g/mol. The lowest BCUT2D eigenvalue weighted by Gasteiger charge is -2.49. The van der Waals surface area contributed by atoms with Crippen molar-refractivity contribution in [2.24, 2.45) is 0 Å². The van der Waals surface area contributed by atoms with E-state index in [1.807, 2.05) is 0 Å². The zero-order valence-corrected chi connectivity index (χ0v) is 26.6. The van der Waals surface area contributed by atoms with Gasteiger partial charge >= 0.3 is 12.0 Å². The van der Waals surface area contributed by atoms with Gasteiger partial charge in [-0.05, 0) is 12.2 Å². The third-order valence-electron chi connectivity index (χ3n) is 7.77. The lowest BCUT2D eigenvalue weighted by Crippen LogP contribution is -2.70. The van der Waals surface area contributed by atoms with E-state index in [0.717, 1.165) is 18.7 Å². The minimum absolute atomic E-state index is 0.0969. The Morgan fingerprint density at radius 3 is 1.88 bits per heavy atom. The number of amides is 3. The summed E-state index contributed by atoms with van der Waals surface area (Å²) in [7, 11) is 0. The molecule has 0 bridgehead atoms. The molecule has 0 spiro atoms. The van der Waals surface area contributed by atoms with Crippen LogP contribution < -0.4 is 16.0 Å². The van der Waals surface area contributed by atoms with Crippen LogP contribution in [0.2, 0.25) is 0 Å². The fourth-order valence-electron chi connectivity index (χ4n) is 5.32. The minimum atomic E-state index is -1.98. The zero-order valence-electron chi connectivity index (χ0n) is 25.8. The number of ether oxygens (including phenoxy) is 5. The Morgan fingerprint density at radius 1 is 0.708 bits per heavy atom. The summed E-state index contributed by atoms with van der Waals surface area (Å²) in [6.07, 6.45) is -23.4. The second-order valence-corrected chi connectivity index (χ2v) is 12.4. The Labute approximate surface area is 278 Å². The van der Waals surface area contributed by atoms with Crippen LogP contribution in [0.25, 0.3) is 0 Å². The average Bonchev–Trinajstić information content (AvgIpc) is 3.04. The molecular formula is C26H45N3O18S. The second-order valence-electron chi connectivity index (χ2n) is 11.3. The number of aliphatic hydroxyl groups excluding tert-OH is 9. The van der Waals surface area contributed by atoms with Crippen LogP contribution in [-0.4, -0.2) is 199 Å². The summed E-state index contributed by atoms with van der Waals surface area (Å²) in [5.74, 6) is -1.28. The Hall–Kier alpha value is -2.00. The van der Waals surface area contributed by atoms with Gasteiger partial charge in [0.05, 0.1) is 25.6 Å². The summed E-state index contributed by atoms with van der Waals surface area (Å²) in [6, 6.07) is -2.17. The Balaban J connectivity index is 1.72. The van der Waals surface area contributed by atoms with Crippen LogP contribution in [0.3, 0.4) is 0 Å². The number of carbonyl (C=O) groups excluding carboxylic acids is 2. The molecule has 15 atom stereocenters. The van der Waals surface area contributed by atoms with E-state index >= 15 is 0 Å². The van der Waals surface area contributed by atoms with E-state index in [-0.39, 0.29) is 12.3 Å². The van der Waals surface area contributed by atoms with E-state index in [2.05, 4.69) is 16.0 Å². The number of carboxylic acid groups (broad SMARTS) is 1. The first-order valence-electron chi connectivity index (χ1n) is 15.0. The van der Waals surface area contributed by atoms with Crippen molar-refractivity contribution in [3.8, 4) is 0 Å². The van der Waals surface area contributed by atoms with Gasteiger partial charge in [-0.25, -0.2) is 4.79 Å². The molecule has 15 unspecified atom stereocenters. The van der Waals surface area contributed by atoms with Crippen LogP contribution in [0.4, 0.5) is 4.79 Å². The molecular weight excluding hydrogens is 674 g/mol. The molecule has 22 heteroatoms. The van der Waals surface area contributed by atoms with Crippen molar-refractivity contribution in [2.45, 2.75) is 105 Å². The third-order valence-corrected chi connectivity index (χ3v) is 8.80. The molecule has 3 saturated heterocycles. The average molecular weight is 720 g/mol. The van der Waals surface area contributed by atoms with Crippen molar-refractivity contribution in [3.05, 3.63) is 0 Å². The van der Waals surface area contributed by atoms with Gasteiger partial charge in [-0.3, -0.25) is 9.59 Å². The SMILES string of the molecule is CC(=O)NC1C(NC(=O)NCCCSCC(=O)O)OC(CO)C(OC2OC(CO)C(O)C(OC3OC(CO)C(O)C(O)C3O)C2O)C1O. The lowest BCUT2D eigenvalue weighted by molar-refractivity contribution is -0.372. The molecule has 0 aromatic rings. The number of hydrogen-bond donors (Lipinski definition) is 13. The van der Waals surface area contributed by atoms with Crippen LogP contribution in [0.15, 0.2) is 0 Å². The van der Waals surface area contributed by atoms with Gasteiger partial charge in [-0.15, -0.1) is 0 Å². The maximum Gasteiger partial charge on any atom is 0.316 e. The van der Waals surface area contributed by atoms with Crippen LogP contribution in [0, 0.1) is 0 Å². The van der Waals surface area contributed by atoms with Crippen LogP contribution >= 0.6 is 11.8 Å². The predicted molar refractivity (Wildman–Crippen MR) is 157 cm³/mol. The molecule has 3 aliphatic rings. The smallest absolute Gasteiger partial charge is 0.316 e. The standard InChI is InChI=1S/C26H45N3O18S/c1-9(33)28-14-17(38)21(12(7-32)43-23(14)29-26(42)27-3-2-4-48-8-13(34)35)46-25-20(41)22(16(37)11(6-31)45-25)47-24-19(40)18(39)15(36)10(5-30)44-24/h10-12,14-25,30-32,36-41H,2-8H2,1H3,(H,28,33)(H,34,35)(H2,27,29,42). The second kappa shape index (κ2) is 18.8. The van der Waals surface area contributed by atoms with Crippen molar-refractivity contribution in [3.63, 3.8) is 0 Å². The number of nitrogens with one attached hydrogen (secondary N) is 3. The molecule has 3 amide bonds. The Morgan fingerprint density at radius 2 is 1.29 bits per heavy atom. The summed E-state index contributed by atoms with van der Waals surface area (Å²) >= 11 is 1.16.